The smallest absolute Gasteiger partial charge is 0.272 e. The first-order valence-corrected chi connectivity index (χ1v) is 18.4. The SMILES string of the molecule is CCn1c2ccccc2c2cc(NC(=O)C(Sc3ccc(NC(=O)/C(=C/c4ccc(OC)cc4)NC(=O)c4ccccc4)cc3)c3ccccc3)ccc21. The molecule has 0 fully saturated rings. The average Bonchev–Trinajstić information content (AvgIpc) is 3.54. The molecule has 0 spiro atoms. The van der Waals surface area contributed by atoms with E-state index in [1.807, 2.05) is 72.8 Å². The van der Waals surface area contributed by atoms with Crippen LogP contribution in [0.15, 0.2) is 162 Å². The van der Waals surface area contributed by atoms with Crippen molar-refractivity contribution < 1.29 is 19.1 Å². The summed E-state index contributed by atoms with van der Waals surface area (Å²) in [5, 5.41) is 10.5. The maximum atomic E-state index is 14.0. The molecule has 3 amide bonds. The van der Waals surface area contributed by atoms with Crippen LogP contribution in [0.5, 0.6) is 5.75 Å². The van der Waals surface area contributed by atoms with Gasteiger partial charge >= 0.3 is 0 Å². The summed E-state index contributed by atoms with van der Waals surface area (Å²) in [6.07, 6.45) is 1.61. The van der Waals surface area contributed by atoms with Gasteiger partial charge in [0.25, 0.3) is 11.8 Å². The number of benzene rings is 6. The van der Waals surface area contributed by atoms with Crippen molar-refractivity contribution in [3.05, 3.63) is 174 Å². The van der Waals surface area contributed by atoms with Crippen LogP contribution in [0.25, 0.3) is 27.9 Å². The number of aromatic nitrogens is 1. The largest absolute Gasteiger partial charge is 0.497 e. The average molecular weight is 731 g/mol. The second-order valence-electron chi connectivity index (χ2n) is 12.5. The lowest BCUT2D eigenvalue weighted by Crippen LogP contribution is -2.30. The molecule has 7 aromatic rings. The van der Waals surface area contributed by atoms with E-state index in [2.05, 4.69) is 45.6 Å². The maximum absolute atomic E-state index is 14.0. The molecule has 8 nitrogen and oxygen atoms in total. The fourth-order valence-electron chi connectivity index (χ4n) is 6.34. The minimum Gasteiger partial charge on any atom is -0.497 e. The molecular formula is C45H38N4O4S. The number of para-hydroxylation sites is 1. The van der Waals surface area contributed by atoms with E-state index in [0.717, 1.165) is 44.5 Å². The van der Waals surface area contributed by atoms with Gasteiger partial charge in [-0.15, -0.1) is 11.8 Å². The third-order valence-corrected chi connectivity index (χ3v) is 10.3. The molecule has 0 saturated carbocycles. The predicted molar refractivity (Wildman–Crippen MR) is 219 cm³/mol. The molecule has 0 bridgehead atoms. The van der Waals surface area contributed by atoms with Crippen LogP contribution >= 0.6 is 11.8 Å². The van der Waals surface area contributed by atoms with Gasteiger partial charge in [0.05, 0.1) is 7.11 Å². The van der Waals surface area contributed by atoms with Gasteiger partial charge in [0, 0.05) is 50.2 Å². The van der Waals surface area contributed by atoms with Crippen LogP contribution in [0.4, 0.5) is 11.4 Å². The third-order valence-electron chi connectivity index (χ3n) is 9.02. The monoisotopic (exact) mass is 730 g/mol. The molecule has 0 aliphatic heterocycles. The van der Waals surface area contributed by atoms with Crippen molar-refractivity contribution in [1.82, 2.24) is 9.88 Å². The maximum Gasteiger partial charge on any atom is 0.272 e. The molecule has 0 radical (unpaired) electrons. The molecule has 1 atom stereocenters. The van der Waals surface area contributed by atoms with Gasteiger partial charge in [-0.2, -0.15) is 0 Å². The highest BCUT2D eigenvalue weighted by atomic mass is 32.2. The molecule has 6 aromatic carbocycles. The van der Waals surface area contributed by atoms with Crippen molar-refractivity contribution in [3.8, 4) is 5.75 Å². The second kappa shape index (κ2) is 16.4. The molecule has 9 heteroatoms. The fraction of sp³-hybridized carbons (Fsp3) is 0.0889. The van der Waals surface area contributed by atoms with Gasteiger partial charge < -0.3 is 25.3 Å². The number of anilines is 2. The zero-order valence-corrected chi connectivity index (χ0v) is 30.6. The van der Waals surface area contributed by atoms with Gasteiger partial charge in [0.1, 0.15) is 16.7 Å². The molecule has 0 aliphatic carbocycles. The predicted octanol–water partition coefficient (Wildman–Crippen LogP) is 9.70. The van der Waals surface area contributed by atoms with E-state index in [9.17, 15) is 14.4 Å². The number of hydrogen-bond acceptors (Lipinski definition) is 5. The third kappa shape index (κ3) is 8.06. The number of nitrogens with zero attached hydrogens (tertiary/aromatic N) is 1. The summed E-state index contributed by atoms with van der Waals surface area (Å²) >= 11 is 1.42. The van der Waals surface area contributed by atoms with Crippen LogP contribution < -0.4 is 20.7 Å². The summed E-state index contributed by atoms with van der Waals surface area (Å²) < 4.78 is 7.54. The van der Waals surface area contributed by atoms with Crippen LogP contribution in [0.1, 0.15) is 33.7 Å². The molecule has 7 rings (SSSR count). The Bertz CT molecular complexity index is 2460. The number of aryl methyl sites for hydroxylation is 1. The second-order valence-corrected chi connectivity index (χ2v) is 13.7. The van der Waals surface area contributed by atoms with E-state index in [0.29, 0.717) is 22.6 Å². The first-order valence-electron chi connectivity index (χ1n) is 17.6. The standard InChI is InChI=1S/C45H38N4O4S/c1-3-49-40-17-11-10-16-37(40)38-29-34(22-27-41(38)49)47-45(52)42(31-12-6-4-7-13-31)54-36-25-20-33(21-26-36)46-44(51)39(28-30-18-23-35(53-2)24-19-30)48-43(50)32-14-8-5-9-15-32/h4-29,42H,3H2,1-2H3,(H,46,51)(H,47,52)(H,48,50)/b39-28-. The zero-order valence-electron chi connectivity index (χ0n) is 29.8. The Kier molecular flexibility index (Phi) is 10.9. The van der Waals surface area contributed by atoms with Gasteiger partial charge in [-0.3, -0.25) is 14.4 Å². The molecule has 0 aliphatic rings. The summed E-state index contributed by atoms with van der Waals surface area (Å²) in [4.78, 5) is 41.5. The van der Waals surface area contributed by atoms with Crippen LogP contribution in [0, 0.1) is 0 Å². The highest BCUT2D eigenvalue weighted by Gasteiger charge is 2.23. The molecule has 0 saturated heterocycles. The number of carbonyl (C=O) groups excluding carboxylic acids is 3. The van der Waals surface area contributed by atoms with E-state index < -0.39 is 17.1 Å². The van der Waals surface area contributed by atoms with E-state index >= 15 is 0 Å². The Labute approximate surface area is 317 Å². The number of ether oxygens (including phenoxy) is 1. The van der Waals surface area contributed by atoms with Crippen molar-refractivity contribution in [2.24, 2.45) is 0 Å². The molecule has 1 heterocycles. The van der Waals surface area contributed by atoms with Gasteiger partial charge in [-0.25, -0.2) is 0 Å². The Morgan fingerprint density at radius 3 is 2.06 bits per heavy atom. The first-order chi connectivity index (χ1) is 26.4. The van der Waals surface area contributed by atoms with Gasteiger partial charge in [0.15, 0.2) is 0 Å². The highest BCUT2D eigenvalue weighted by molar-refractivity contribution is 8.00. The summed E-state index contributed by atoms with van der Waals surface area (Å²) in [5.41, 5.74) is 5.61. The molecule has 3 N–H and O–H groups in total. The highest BCUT2D eigenvalue weighted by Crippen LogP contribution is 2.38. The Morgan fingerprint density at radius 2 is 1.35 bits per heavy atom. The number of nitrogens with one attached hydrogen (secondary N) is 3. The minimum atomic E-state index is -0.549. The van der Waals surface area contributed by atoms with Crippen molar-refractivity contribution >= 4 is 68.7 Å². The number of hydrogen-bond donors (Lipinski definition) is 3. The molecular weight excluding hydrogens is 693 g/mol. The lowest BCUT2D eigenvalue weighted by atomic mass is 10.1. The summed E-state index contributed by atoms with van der Waals surface area (Å²) in [5.74, 6) is -0.370. The Balaban J connectivity index is 1.09. The van der Waals surface area contributed by atoms with Crippen LogP contribution in [0.3, 0.4) is 0 Å². The van der Waals surface area contributed by atoms with E-state index in [4.69, 9.17) is 4.74 Å². The topological polar surface area (TPSA) is 101 Å². The molecule has 268 valence electrons. The minimum absolute atomic E-state index is 0.0747. The Hall–Kier alpha value is -6.58. The zero-order chi connectivity index (χ0) is 37.4. The van der Waals surface area contributed by atoms with Gasteiger partial charge in [-0.05, 0) is 96.9 Å². The Morgan fingerprint density at radius 1 is 0.704 bits per heavy atom. The lowest BCUT2D eigenvalue weighted by Gasteiger charge is -2.18. The number of rotatable bonds is 12. The van der Waals surface area contributed by atoms with Crippen LogP contribution in [0.2, 0.25) is 0 Å². The normalized spacial score (nSPS) is 11.9. The molecule has 1 aromatic heterocycles. The van der Waals surface area contributed by atoms with Crippen LogP contribution in [-0.2, 0) is 16.1 Å². The van der Waals surface area contributed by atoms with E-state index in [-0.39, 0.29) is 11.6 Å². The summed E-state index contributed by atoms with van der Waals surface area (Å²) in [6.45, 7) is 2.98. The van der Waals surface area contributed by atoms with Crippen molar-refractivity contribution in [2.75, 3.05) is 17.7 Å². The molecule has 54 heavy (non-hydrogen) atoms. The first kappa shape index (κ1) is 35.8. The quantitative estimate of drug-likeness (QED) is 0.0859. The van der Waals surface area contributed by atoms with E-state index in [1.54, 1.807) is 73.8 Å². The molecule has 1 unspecified atom stereocenters. The van der Waals surface area contributed by atoms with Gasteiger partial charge in [-0.1, -0.05) is 78.9 Å². The summed E-state index contributed by atoms with van der Waals surface area (Å²) in [6, 6.07) is 47.2. The number of thioether (sulfide) groups is 1. The number of fused-ring (bicyclic) bond motifs is 3. The van der Waals surface area contributed by atoms with Crippen molar-refractivity contribution in [3.63, 3.8) is 0 Å². The number of carbonyl (C=O) groups is 3. The van der Waals surface area contributed by atoms with Crippen molar-refractivity contribution in [1.29, 1.82) is 0 Å². The van der Waals surface area contributed by atoms with Gasteiger partial charge in [0.2, 0.25) is 5.91 Å². The lowest BCUT2D eigenvalue weighted by molar-refractivity contribution is -0.116. The van der Waals surface area contributed by atoms with Crippen LogP contribution in [-0.4, -0.2) is 29.4 Å². The number of amides is 3. The van der Waals surface area contributed by atoms with Crippen molar-refractivity contribution in [2.45, 2.75) is 23.6 Å². The van der Waals surface area contributed by atoms with E-state index in [1.165, 1.54) is 11.8 Å². The fourth-order valence-corrected chi connectivity index (χ4v) is 7.37. The number of methoxy groups -OCH3 is 1. The summed E-state index contributed by atoms with van der Waals surface area (Å²) in [7, 11) is 1.58.